The number of allylic oxidation sites excluding steroid dienone is 1. The third-order valence-electron chi connectivity index (χ3n) is 8.06. The molecule has 1 saturated carbocycles. The van der Waals surface area contributed by atoms with E-state index in [-0.39, 0.29) is 46.9 Å². The summed E-state index contributed by atoms with van der Waals surface area (Å²) >= 11 is 0.229. The molecule has 238 valence electrons. The van der Waals surface area contributed by atoms with Crippen LogP contribution < -0.4 is 0 Å². The largest absolute Gasteiger partial charge is 0.427 e. The minimum absolute atomic E-state index is 0.00150. The number of halogens is 6. The molecule has 3 heterocycles. The molecule has 2 aliphatic rings. The Balaban J connectivity index is 1.44. The fourth-order valence-electron chi connectivity index (χ4n) is 6.05. The molecule has 0 radical (unpaired) electrons. The van der Waals surface area contributed by atoms with Crippen LogP contribution in [0.15, 0.2) is 59.5 Å². The van der Waals surface area contributed by atoms with Crippen LogP contribution in [-0.2, 0) is 30.6 Å². The lowest BCUT2D eigenvalue weighted by atomic mass is 9.61. The maximum Gasteiger partial charge on any atom is 0.427 e. The molecular weight excluding hydrogens is 642 g/mol. The van der Waals surface area contributed by atoms with Gasteiger partial charge in [-0.3, -0.25) is 9.48 Å². The maximum absolute atomic E-state index is 14.5. The Kier molecular flexibility index (Phi) is 7.88. The number of carbonyl (C=O) groups is 1. The maximum atomic E-state index is 14.5. The number of aryl methyl sites for hydroxylation is 1. The van der Waals surface area contributed by atoms with Crippen molar-refractivity contribution in [1.29, 1.82) is 0 Å². The Morgan fingerprint density at radius 1 is 1.13 bits per heavy atom. The van der Waals surface area contributed by atoms with Gasteiger partial charge in [0.2, 0.25) is 5.78 Å². The molecule has 8 nitrogen and oxygen atoms in total. The van der Waals surface area contributed by atoms with Crippen LogP contribution in [0, 0.1) is 11.2 Å². The Morgan fingerprint density at radius 3 is 2.49 bits per heavy atom. The number of carbonyl (C=O) groups excluding carboxylic acids is 1. The predicted molar refractivity (Wildman–Crippen MR) is 154 cm³/mol. The van der Waals surface area contributed by atoms with E-state index in [4.69, 9.17) is 0 Å². The number of hydrogen-bond donors (Lipinski definition) is 0. The number of fused-ring (bicyclic) bond motifs is 2. The molecule has 1 fully saturated rings. The SMILES string of the molecule is Cn1cc(S(=O)N(CC(C)(F)F)[C@H]2CCC3=Cc4c(cnn4-c4ccc(F)cc4)C[C@]3(C(=O)c3ncc(C(F)(F)F)s3)C2)cn1. The lowest BCUT2D eigenvalue weighted by Gasteiger charge is -2.46. The van der Waals surface area contributed by atoms with Crippen molar-refractivity contribution in [3.05, 3.63) is 81.6 Å². The van der Waals surface area contributed by atoms with E-state index in [9.17, 15) is 35.3 Å². The van der Waals surface area contributed by atoms with Crippen LogP contribution >= 0.6 is 11.3 Å². The minimum atomic E-state index is -4.71. The van der Waals surface area contributed by atoms with Gasteiger partial charge in [-0.05, 0) is 61.6 Å². The van der Waals surface area contributed by atoms with Gasteiger partial charge in [0.25, 0.3) is 5.92 Å². The second-order valence-corrected chi connectivity index (χ2v) is 13.8. The highest BCUT2D eigenvalue weighted by atomic mass is 32.2. The van der Waals surface area contributed by atoms with E-state index < -0.39 is 57.6 Å². The number of thiazole rings is 1. The van der Waals surface area contributed by atoms with Crippen molar-refractivity contribution in [3.8, 4) is 5.69 Å². The van der Waals surface area contributed by atoms with Gasteiger partial charge in [0, 0.05) is 26.2 Å². The first-order chi connectivity index (χ1) is 21.1. The summed E-state index contributed by atoms with van der Waals surface area (Å²) in [5.41, 5.74) is 0.877. The van der Waals surface area contributed by atoms with E-state index in [1.54, 1.807) is 17.8 Å². The van der Waals surface area contributed by atoms with Crippen molar-refractivity contribution in [2.24, 2.45) is 12.5 Å². The number of aromatic nitrogens is 5. The first kappa shape index (κ1) is 31.4. The Bertz CT molecular complexity index is 1810. The molecule has 0 spiro atoms. The fraction of sp³-hybridized carbons (Fsp3) is 0.379. The summed E-state index contributed by atoms with van der Waals surface area (Å²) in [7, 11) is -0.481. The van der Waals surface area contributed by atoms with Gasteiger partial charge in [-0.15, -0.1) is 11.3 Å². The first-order valence-electron chi connectivity index (χ1n) is 13.8. The molecule has 0 N–H and O–H groups in total. The monoisotopic (exact) mass is 668 g/mol. The Labute approximate surface area is 260 Å². The summed E-state index contributed by atoms with van der Waals surface area (Å²) in [5, 5.41) is 8.09. The smallest absolute Gasteiger partial charge is 0.290 e. The zero-order valence-electron chi connectivity index (χ0n) is 23.9. The van der Waals surface area contributed by atoms with Crippen LogP contribution in [0.1, 0.15) is 52.1 Å². The molecule has 1 unspecified atom stereocenters. The van der Waals surface area contributed by atoms with Gasteiger partial charge in [0.1, 0.15) is 21.7 Å². The number of hydrogen-bond acceptors (Lipinski definition) is 6. The molecule has 3 atom stereocenters. The Hall–Kier alpha value is -3.63. The van der Waals surface area contributed by atoms with Crippen molar-refractivity contribution in [2.45, 2.75) is 55.6 Å². The molecule has 0 amide bonds. The van der Waals surface area contributed by atoms with Crippen LogP contribution in [0.4, 0.5) is 26.3 Å². The molecule has 0 aliphatic heterocycles. The number of alkyl halides is 5. The highest BCUT2D eigenvalue weighted by Gasteiger charge is 2.52. The summed E-state index contributed by atoms with van der Waals surface area (Å²) in [6, 6.07) is 4.82. The minimum Gasteiger partial charge on any atom is -0.290 e. The van der Waals surface area contributed by atoms with Gasteiger partial charge in [0.05, 0.1) is 46.8 Å². The Morgan fingerprint density at radius 2 is 1.87 bits per heavy atom. The third kappa shape index (κ3) is 6.02. The van der Waals surface area contributed by atoms with E-state index in [2.05, 4.69) is 15.2 Å². The molecule has 4 aromatic rings. The number of rotatable bonds is 8. The van der Waals surface area contributed by atoms with Crippen LogP contribution in [0.3, 0.4) is 0 Å². The summed E-state index contributed by atoms with van der Waals surface area (Å²) in [6.07, 6.45) is 2.31. The van der Waals surface area contributed by atoms with Crippen molar-refractivity contribution >= 4 is 34.2 Å². The number of benzene rings is 1. The lowest BCUT2D eigenvalue weighted by Crippen LogP contribution is -2.51. The molecule has 6 rings (SSSR count). The van der Waals surface area contributed by atoms with E-state index in [1.807, 2.05) is 0 Å². The lowest BCUT2D eigenvalue weighted by molar-refractivity contribution is -0.134. The highest BCUT2D eigenvalue weighted by Crippen LogP contribution is 2.52. The van der Waals surface area contributed by atoms with Crippen molar-refractivity contribution < 1.29 is 35.3 Å². The molecule has 3 aromatic heterocycles. The van der Waals surface area contributed by atoms with Crippen molar-refractivity contribution in [3.63, 3.8) is 0 Å². The van der Waals surface area contributed by atoms with Crippen LogP contribution in [-0.4, -0.2) is 57.4 Å². The standard InChI is InChI=1S/C29H26F6N6O2S2/c1-27(31,32)16-40(45(43)22-13-37-39(2)15-22)21-6-3-18-9-23-17(12-38-41(23)20-7-4-19(30)5-8-20)10-28(18,11-21)25(42)26-36-14-24(44-26)29(33,34)35/h4-5,7-9,12-15,21H,3,6,10-11,16H2,1-2H3/t21-,28-,45?/m0/s1. The summed E-state index contributed by atoms with van der Waals surface area (Å²) in [4.78, 5) is 17.3. The van der Waals surface area contributed by atoms with Gasteiger partial charge in [0.15, 0.2) is 5.01 Å². The second-order valence-electron chi connectivity index (χ2n) is 11.4. The van der Waals surface area contributed by atoms with E-state index >= 15 is 0 Å². The van der Waals surface area contributed by atoms with Crippen LogP contribution in [0.5, 0.6) is 0 Å². The van der Waals surface area contributed by atoms with Gasteiger partial charge in [-0.1, -0.05) is 5.57 Å². The van der Waals surface area contributed by atoms with Gasteiger partial charge >= 0.3 is 6.18 Å². The molecule has 16 heteroatoms. The number of nitrogens with zero attached hydrogens (tertiary/aromatic N) is 6. The summed E-state index contributed by atoms with van der Waals surface area (Å²) in [6.45, 7) is -0.174. The molecule has 1 aromatic carbocycles. The molecule has 45 heavy (non-hydrogen) atoms. The number of ketones is 1. The molecule has 0 bridgehead atoms. The summed E-state index contributed by atoms with van der Waals surface area (Å²) in [5.74, 6) is -4.36. The van der Waals surface area contributed by atoms with Crippen LogP contribution in [0.2, 0.25) is 0 Å². The van der Waals surface area contributed by atoms with Gasteiger partial charge in [-0.2, -0.15) is 23.4 Å². The molecule has 0 saturated heterocycles. The molecule has 2 aliphatic carbocycles. The van der Waals surface area contributed by atoms with E-state index in [1.165, 1.54) is 47.5 Å². The number of Topliss-reactive ketones (excluding diaryl/α,β-unsaturated/α-hetero) is 1. The summed E-state index contributed by atoms with van der Waals surface area (Å²) < 4.78 is 101. The van der Waals surface area contributed by atoms with Gasteiger partial charge in [-0.25, -0.2) is 31.4 Å². The van der Waals surface area contributed by atoms with Gasteiger partial charge < -0.3 is 0 Å². The zero-order valence-corrected chi connectivity index (χ0v) is 25.5. The third-order valence-corrected chi connectivity index (χ3v) is 10.6. The normalized spacial score (nSPS) is 20.9. The second kappa shape index (κ2) is 11.3. The fourth-order valence-corrected chi connectivity index (χ4v) is 8.32. The average Bonchev–Trinajstić information content (AvgIpc) is 3.73. The first-order valence-corrected chi connectivity index (χ1v) is 15.7. The predicted octanol–water partition coefficient (Wildman–Crippen LogP) is 6.26. The van der Waals surface area contributed by atoms with Crippen molar-refractivity contribution in [2.75, 3.05) is 6.54 Å². The quantitative estimate of drug-likeness (QED) is 0.164. The highest BCUT2D eigenvalue weighted by molar-refractivity contribution is 7.82. The zero-order chi connectivity index (χ0) is 32.3. The molecular formula is C29H26F6N6O2S2. The average molecular weight is 669 g/mol. The van der Waals surface area contributed by atoms with Crippen LogP contribution in [0.25, 0.3) is 11.8 Å². The topological polar surface area (TPSA) is 85.9 Å². The van der Waals surface area contributed by atoms with E-state index in [0.717, 1.165) is 4.31 Å². The van der Waals surface area contributed by atoms with E-state index in [0.29, 0.717) is 35.6 Å². The van der Waals surface area contributed by atoms with Crippen molar-refractivity contribution in [1.82, 2.24) is 28.9 Å².